The van der Waals surface area contributed by atoms with E-state index in [9.17, 15) is 9.18 Å². The minimum atomic E-state index is -0.324. The number of amides is 1. The maximum absolute atomic E-state index is 13.0. The summed E-state index contributed by atoms with van der Waals surface area (Å²) in [5, 5.41) is 13.6. The van der Waals surface area contributed by atoms with Crippen LogP contribution in [0.25, 0.3) is 22.6 Å². The molecular formula is C21H17FN4O2. The van der Waals surface area contributed by atoms with Gasteiger partial charge >= 0.3 is 0 Å². The molecule has 0 aliphatic carbocycles. The zero-order chi connectivity index (χ0) is 19.5. The van der Waals surface area contributed by atoms with Crippen LogP contribution in [0.4, 0.5) is 4.39 Å². The molecule has 140 valence electrons. The van der Waals surface area contributed by atoms with Crippen molar-refractivity contribution in [3.8, 4) is 22.6 Å². The molecule has 2 N–H and O–H groups in total. The molecule has 4 aromatic rings. The van der Waals surface area contributed by atoms with Crippen LogP contribution in [0.5, 0.6) is 0 Å². The molecule has 0 radical (unpaired) electrons. The summed E-state index contributed by atoms with van der Waals surface area (Å²) < 4.78 is 18.4. The van der Waals surface area contributed by atoms with Crippen molar-refractivity contribution in [3.05, 3.63) is 83.4 Å². The Hall–Kier alpha value is -3.74. The first kappa shape index (κ1) is 17.7. The van der Waals surface area contributed by atoms with Crippen molar-refractivity contribution in [2.75, 3.05) is 0 Å². The van der Waals surface area contributed by atoms with Crippen LogP contribution in [0.1, 0.15) is 21.7 Å². The van der Waals surface area contributed by atoms with Crippen LogP contribution in [-0.2, 0) is 6.54 Å². The lowest BCUT2D eigenvalue weighted by Crippen LogP contribution is -2.23. The Kier molecular flexibility index (Phi) is 4.72. The first-order valence-electron chi connectivity index (χ1n) is 8.71. The minimum Gasteiger partial charge on any atom is -0.356 e. The van der Waals surface area contributed by atoms with Gasteiger partial charge in [-0.2, -0.15) is 5.10 Å². The summed E-state index contributed by atoms with van der Waals surface area (Å²) >= 11 is 0. The van der Waals surface area contributed by atoms with Gasteiger partial charge in [-0.25, -0.2) is 4.39 Å². The maximum Gasteiger partial charge on any atom is 0.269 e. The fourth-order valence-corrected chi connectivity index (χ4v) is 2.72. The van der Waals surface area contributed by atoms with Crippen LogP contribution in [0.2, 0.25) is 0 Å². The molecule has 6 nitrogen and oxygen atoms in total. The highest BCUT2D eigenvalue weighted by atomic mass is 19.1. The Morgan fingerprint density at radius 1 is 1.07 bits per heavy atom. The average Bonchev–Trinajstić information content (AvgIpc) is 3.37. The van der Waals surface area contributed by atoms with Crippen LogP contribution in [-0.4, -0.2) is 21.3 Å². The van der Waals surface area contributed by atoms with E-state index in [1.165, 1.54) is 12.1 Å². The highest BCUT2D eigenvalue weighted by molar-refractivity contribution is 5.93. The molecule has 4 rings (SSSR count). The van der Waals surface area contributed by atoms with Gasteiger partial charge in [-0.1, -0.05) is 35.0 Å². The number of rotatable bonds is 5. The molecule has 0 fully saturated rings. The van der Waals surface area contributed by atoms with Gasteiger partial charge in [-0.05, 0) is 37.3 Å². The predicted molar refractivity (Wildman–Crippen MR) is 102 cm³/mol. The zero-order valence-corrected chi connectivity index (χ0v) is 15.1. The molecule has 7 heteroatoms. The van der Waals surface area contributed by atoms with Gasteiger partial charge in [0.2, 0.25) is 0 Å². The molecule has 0 saturated carbocycles. The van der Waals surface area contributed by atoms with Gasteiger partial charge in [0.1, 0.15) is 17.2 Å². The third-order valence-corrected chi connectivity index (χ3v) is 4.29. The quantitative estimate of drug-likeness (QED) is 0.549. The molecule has 0 atom stereocenters. The zero-order valence-electron chi connectivity index (χ0n) is 15.1. The highest BCUT2D eigenvalue weighted by Gasteiger charge is 2.13. The van der Waals surface area contributed by atoms with Gasteiger partial charge in [0.15, 0.2) is 5.76 Å². The Labute approximate surface area is 160 Å². The van der Waals surface area contributed by atoms with Gasteiger partial charge in [0.25, 0.3) is 5.91 Å². The number of carbonyl (C=O) groups excluding carboxylic acids is 1. The number of halogens is 1. The second-order valence-corrected chi connectivity index (χ2v) is 6.40. The molecule has 2 aromatic heterocycles. The second-order valence-electron chi connectivity index (χ2n) is 6.40. The fourth-order valence-electron chi connectivity index (χ4n) is 2.72. The molecule has 0 spiro atoms. The van der Waals surface area contributed by atoms with E-state index in [1.54, 1.807) is 24.3 Å². The number of hydrogen-bond donors (Lipinski definition) is 2. The third-order valence-electron chi connectivity index (χ3n) is 4.29. The van der Waals surface area contributed by atoms with E-state index in [0.717, 1.165) is 16.7 Å². The van der Waals surface area contributed by atoms with E-state index in [-0.39, 0.29) is 18.3 Å². The molecule has 0 unspecified atom stereocenters. The number of benzene rings is 2. The number of nitrogens with one attached hydrogen (secondary N) is 2. The summed E-state index contributed by atoms with van der Waals surface area (Å²) in [5.74, 6) is 0.00000348. The molecule has 0 aliphatic rings. The summed E-state index contributed by atoms with van der Waals surface area (Å²) in [6, 6.07) is 17.2. The Bertz CT molecular complexity index is 1100. The number of H-pyrrole nitrogens is 1. The number of nitrogens with zero attached hydrogens (tertiary/aromatic N) is 2. The van der Waals surface area contributed by atoms with Crippen molar-refractivity contribution in [3.63, 3.8) is 0 Å². The van der Waals surface area contributed by atoms with E-state index in [2.05, 4.69) is 20.7 Å². The molecule has 0 bridgehead atoms. The second kappa shape index (κ2) is 7.48. The van der Waals surface area contributed by atoms with Gasteiger partial charge in [0, 0.05) is 17.2 Å². The SMILES string of the molecule is Cc1ccc(-c2cc(CNC(=O)c3cc(-c4ccc(F)cc4)n[nH]3)no2)cc1. The maximum atomic E-state index is 13.0. The molecule has 0 aliphatic heterocycles. The minimum absolute atomic E-state index is 0.221. The number of hydrogen-bond acceptors (Lipinski definition) is 4. The van der Waals surface area contributed by atoms with E-state index < -0.39 is 0 Å². The standard InChI is InChI=1S/C21H17FN4O2/c1-13-2-4-15(5-3-13)20-10-17(26-28-20)12-23-21(27)19-11-18(24-25-19)14-6-8-16(22)9-7-14/h2-11H,12H2,1H3,(H,23,27)(H,24,25). The summed E-state index contributed by atoms with van der Waals surface area (Å²) in [7, 11) is 0. The molecule has 0 saturated heterocycles. The molecule has 1 amide bonds. The van der Waals surface area contributed by atoms with Crippen molar-refractivity contribution < 1.29 is 13.7 Å². The van der Waals surface area contributed by atoms with Crippen LogP contribution < -0.4 is 5.32 Å². The van der Waals surface area contributed by atoms with Crippen LogP contribution in [0.15, 0.2) is 65.2 Å². The molecular weight excluding hydrogens is 359 g/mol. The fraction of sp³-hybridized carbons (Fsp3) is 0.0952. The first-order valence-corrected chi connectivity index (χ1v) is 8.71. The van der Waals surface area contributed by atoms with Crippen molar-refractivity contribution >= 4 is 5.91 Å². The molecule has 2 aromatic carbocycles. The van der Waals surface area contributed by atoms with Gasteiger partial charge in [-0.15, -0.1) is 0 Å². The number of aromatic amines is 1. The van der Waals surface area contributed by atoms with E-state index >= 15 is 0 Å². The Morgan fingerprint density at radius 2 is 1.79 bits per heavy atom. The monoisotopic (exact) mass is 376 g/mol. The van der Waals surface area contributed by atoms with Gasteiger partial charge in [-0.3, -0.25) is 9.89 Å². The summed E-state index contributed by atoms with van der Waals surface area (Å²) in [5.41, 5.74) is 4.29. The van der Waals surface area contributed by atoms with Gasteiger partial charge in [0.05, 0.1) is 12.2 Å². The molecule has 2 heterocycles. The van der Waals surface area contributed by atoms with Crippen molar-refractivity contribution in [2.24, 2.45) is 0 Å². The molecule has 28 heavy (non-hydrogen) atoms. The van der Waals surface area contributed by atoms with E-state index in [0.29, 0.717) is 22.8 Å². The van der Waals surface area contributed by atoms with Crippen LogP contribution in [0.3, 0.4) is 0 Å². The number of carbonyl (C=O) groups is 1. The van der Waals surface area contributed by atoms with Crippen LogP contribution in [0, 0.1) is 12.7 Å². The third kappa shape index (κ3) is 3.83. The van der Waals surface area contributed by atoms with Crippen molar-refractivity contribution in [1.82, 2.24) is 20.7 Å². The van der Waals surface area contributed by atoms with E-state index in [1.807, 2.05) is 31.2 Å². The average molecular weight is 376 g/mol. The Balaban J connectivity index is 1.40. The van der Waals surface area contributed by atoms with Crippen LogP contribution >= 0.6 is 0 Å². The summed E-state index contributed by atoms with van der Waals surface area (Å²) in [4.78, 5) is 12.3. The lowest BCUT2D eigenvalue weighted by molar-refractivity contribution is 0.0945. The highest BCUT2D eigenvalue weighted by Crippen LogP contribution is 2.21. The normalized spacial score (nSPS) is 10.8. The topological polar surface area (TPSA) is 83.8 Å². The van der Waals surface area contributed by atoms with Crippen molar-refractivity contribution in [1.29, 1.82) is 0 Å². The Morgan fingerprint density at radius 3 is 2.54 bits per heavy atom. The van der Waals surface area contributed by atoms with E-state index in [4.69, 9.17) is 4.52 Å². The predicted octanol–water partition coefficient (Wildman–Crippen LogP) is 4.11. The first-order chi connectivity index (χ1) is 13.6. The number of aryl methyl sites for hydroxylation is 1. The lowest BCUT2D eigenvalue weighted by atomic mass is 10.1. The van der Waals surface area contributed by atoms with Crippen molar-refractivity contribution in [2.45, 2.75) is 13.5 Å². The van der Waals surface area contributed by atoms with Gasteiger partial charge < -0.3 is 9.84 Å². The lowest BCUT2D eigenvalue weighted by Gasteiger charge is -1.99. The summed E-state index contributed by atoms with van der Waals surface area (Å²) in [6.45, 7) is 2.24. The summed E-state index contributed by atoms with van der Waals surface area (Å²) in [6.07, 6.45) is 0. The largest absolute Gasteiger partial charge is 0.356 e. The number of aromatic nitrogens is 3. The smallest absolute Gasteiger partial charge is 0.269 e.